The second-order valence-electron chi connectivity index (χ2n) is 4.07. The fourth-order valence-electron chi connectivity index (χ4n) is 1.74. The van der Waals surface area contributed by atoms with Crippen molar-refractivity contribution in [2.24, 2.45) is 5.73 Å². The molecule has 100 valence electrons. The van der Waals surface area contributed by atoms with Crippen LogP contribution >= 0.6 is 0 Å². The van der Waals surface area contributed by atoms with Crippen LogP contribution in [0.25, 0.3) is 0 Å². The van der Waals surface area contributed by atoms with Gasteiger partial charge in [-0.25, -0.2) is 4.39 Å². The van der Waals surface area contributed by atoms with Crippen molar-refractivity contribution >= 4 is 23.0 Å². The Balaban J connectivity index is 2.41. The van der Waals surface area contributed by atoms with Gasteiger partial charge in [-0.2, -0.15) is 5.26 Å². The topological polar surface area (TPSA) is 105 Å². The minimum atomic E-state index is -0.661. The molecule has 0 aliphatic carbocycles. The van der Waals surface area contributed by atoms with Crippen molar-refractivity contribution in [3.05, 3.63) is 53.3 Å². The Labute approximate surface area is 114 Å². The highest BCUT2D eigenvalue weighted by Gasteiger charge is 2.10. The van der Waals surface area contributed by atoms with Crippen molar-refractivity contribution < 1.29 is 9.18 Å². The van der Waals surface area contributed by atoms with Crippen molar-refractivity contribution in [2.45, 2.75) is 0 Å². The number of nitrogens with zero attached hydrogens (tertiary/aromatic N) is 1. The molecule has 0 aromatic heterocycles. The van der Waals surface area contributed by atoms with E-state index in [0.29, 0.717) is 11.4 Å². The number of rotatable bonds is 3. The van der Waals surface area contributed by atoms with Crippen LogP contribution in [0.3, 0.4) is 0 Å². The molecule has 5 nitrogen and oxygen atoms in total. The highest BCUT2D eigenvalue weighted by Crippen LogP contribution is 2.25. The lowest BCUT2D eigenvalue weighted by Crippen LogP contribution is -2.13. The molecule has 0 spiro atoms. The van der Waals surface area contributed by atoms with E-state index in [1.807, 2.05) is 0 Å². The van der Waals surface area contributed by atoms with Gasteiger partial charge in [-0.05, 0) is 30.3 Å². The zero-order valence-corrected chi connectivity index (χ0v) is 10.4. The third-order valence-corrected chi connectivity index (χ3v) is 2.72. The molecule has 2 rings (SSSR count). The number of amides is 1. The van der Waals surface area contributed by atoms with Crippen LogP contribution in [0.4, 0.5) is 21.5 Å². The molecule has 0 atom stereocenters. The monoisotopic (exact) mass is 270 g/mol. The molecule has 6 heteroatoms. The van der Waals surface area contributed by atoms with Crippen LogP contribution in [0.5, 0.6) is 0 Å². The summed E-state index contributed by atoms with van der Waals surface area (Å²) < 4.78 is 13.5. The van der Waals surface area contributed by atoms with Gasteiger partial charge >= 0.3 is 0 Å². The Morgan fingerprint density at radius 2 is 2.05 bits per heavy atom. The fourth-order valence-corrected chi connectivity index (χ4v) is 1.74. The average Bonchev–Trinajstić information content (AvgIpc) is 2.41. The predicted molar refractivity (Wildman–Crippen MR) is 73.8 cm³/mol. The van der Waals surface area contributed by atoms with Gasteiger partial charge in [0.05, 0.1) is 11.3 Å². The maximum Gasteiger partial charge on any atom is 0.250 e. The maximum absolute atomic E-state index is 13.5. The van der Waals surface area contributed by atoms with Crippen LogP contribution in [-0.2, 0) is 0 Å². The van der Waals surface area contributed by atoms with E-state index in [-0.39, 0.29) is 16.8 Å². The van der Waals surface area contributed by atoms with Crippen molar-refractivity contribution in [2.75, 3.05) is 11.1 Å². The number of hydrogen-bond acceptors (Lipinski definition) is 4. The second-order valence-corrected chi connectivity index (χ2v) is 4.07. The number of nitrogens with one attached hydrogen (secondary N) is 1. The molecule has 5 N–H and O–H groups in total. The van der Waals surface area contributed by atoms with Gasteiger partial charge < -0.3 is 16.8 Å². The zero-order chi connectivity index (χ0) is 14.7. The third-order valence-electron chi connectivity index (χ3n) is 2.72. The molecule has 0 radical (unpaired) electrons. The van der Waals surface area contributed by atoms with Crippen LogP contribution < -0.4 is 16.8 Å². The highest BCUT2D eigenvalue weighted by molar-refractivity contribution is 5.99. The molecule has 0 saturated heterocycles. The summed E-state index contributed by atoms with van der Waals surface area (Å²) in [6.45, 7) is 0. The average molecular weight is 270 g/mol. The first-order valence-electron chi connectivity index (χ1n) is 5.68. The van der Waals surface area contributed by atoms with Gasteiger partial charge in [-0.1, -0.05) is 6.07 Å². The van der Waals surface area contributed by atoms with Crippen molar-refractivity contribution in [1.29, 1.82) is 5.26 Å². The molecule has 0 aliphatic heterocycles. The summed E-state index contributed by atoms with van der Waals surface area (Å²) in [5, 5.41) is 11.8. The lowest BCUT2D eigenvalue weighted by Gasteiger charge is -2.10. The van der Waals surface area contributed by atoms with Crippen LogP contribution in [-0.4, -0.2) is 5.91 Å². The van der Waals surface area contributed by atoms with E-state index in [2.05, 4.69) is 5.32 Å². The SMILES string of the molecule is N#Cc1c(F)cccc1Nc1ccc(N)c(C(N)=O)c1. The maximum atomic E-state index is 13.5. The highest BCUT2D eigenvalue weighted by atomic mass is 19.1. The van der Waals surface area contributed by atoms with E-state index in [1.165, 1.54) is 24.3 Å². The number of carbonyl (C=O) groups excluding carboxylic acids is 1. The van der Waals surface area contributed by atoms with Crippen molar-refractivity contribution in [1.82, 2.24) is 0 Å². The summed E-state index contributed by atoms with van der Waals surface area (Å²) in [6, 6.07) is 10.6. The lowest BCUT2D eigenvalue weighted by molar-refractivity contribution is 0.100. The number of anilines is 3. The minimum absolute atomic E-state index is 0.107. The summed E-state index contributed by atoms with van der Waals surface area (Å²) in [4.78, 5) is 11.2. The Hall–Kier alpha value is -3.07. The van der Waals surface area contributed by atoms with Gasteiger partial charge in [0.1, 0.15) is 17.4 Å². The standard InChI is InChI=1S/C14H11FN4O/c15-11-2-1-3-13(10(11)7-16)19-8-4-5-12(17)9(6-8)14(18)20/h1-6,19H,17H2,(H2,18,20). The Bertz CT molecular complexity index is 722. The molecule has 2 aromatic rings. The molecule has 0 saturated carbocycles. The van der Waals surface area contributed by atoms with Crippen molar-refractivity contribution in [3.8, 4) is 6.07 Å². The van der Waals surface area contributed by atoms with E-state index in [0.717, 1.165) is 0 Å². The summed E-state index contributed by atoms with van der Waals surface area (Å²) >= 11 is 0. The number of carbonyl (C=O) groups is 1. The number of benzene rings is 2. The first-order chi connectivity index (χ1) is 9.52. The predicted octanol–water partition coefficient (Wildman–Crippen LogP) is 2.12. The molecule has 20 heavy (non-hydrogen) atoms. The van der Waals surface area contributed by atoms with Gasteiger partial charge in [0, 0.05) is 11.4 Å². The number of nitrogens with two attached hydrogens (primary N) is 2. The van der Waals surface area contributed by atoms with Crippen molar-refractivity contribution in [3.63, 3.8) is 0 Å². The molecule has 0 heterocycles. The van der Waals surface area contributed by atoms with Crippen LogP contribution in [0.1, 0.15) is 15.9 Å². The van der Waals surface area contributed by atoms with Crippen LogP contribution in [0.15, 0.2) is 36.4 Å². The molecule has 2 aromatic carbocycles. The van der Waals surface area contributed by atoms with Gasteiger partial charge in [0.15, 0.2) is 0 Å². The summed E-state index contributed by atoms with van der Waals surface area (Å²) in [5.74, 6) is -1.28. The lowest BCUT2D eigenvalue weighted by atomic mass is 10.1. The normalized spacial score (nSPS) is 9.80. The summed E-state index contributed by atoms with van der Waals surface area (Å²) in [6.07, 6.45) is 0. The van der Waals surface area contributed by atoms with E-state index in [4.69, 9.17) is 16.7 Å². The molecule has 1 amide bonds. The van der Waals surface area contributed by atoms with Crippen LogP contribution in [0.2, 0.25) is 0 Å². The Morgan fingerprint density at radius 3 is 2.70 bits per heavy atom. The third kappa shape index (κ3) is 2.52. The number of halogens is 1. The fraction of sp³-hybridized carbons (Fsp3) is 0. The second kappa shape index (κ2) is 5.28. The Kier molecular flexibility index (Phi) is 3.53. The first-order valence-corrected chi connectivity index (χ1v) is 5.68. The van der Waals surface area contributed by atoms with E-state index >= 15 is 0 Å². The minimum Gasteiger partial charge on any atom is -0.398 e. The largest absolute Gasteiger partial charge is 0.398 e. The molecular formula is C14H11FN4O. The summed E-state index contributed by atoms with van der Waals surface area (Å²) in [5.41, 5.74) is 11.9. The van der Waals surface area contributed by atoms with E-state index < -0.39 is 11.7 Å². The number of nitriles is 1. The van der Waals surface area contributed by atoms with Crippen LogP contribution in [0, 0.1) is 17.1 Å². The zero-order valence-electron chi connectivity index (χ0n) is 10.4. The quantitative estimate of drug-likeness (QED) is 0.743. The Morgan fingerprint density at radius 1 is 1.30 bits per heavy atom. The van der Waals surface area contributed by atoms with E-state index in [1.54, 1.807) is 18.2 Å². The van der Waals surface area contributed by atoms with Gasteiger partial charge in [-0.15, -0.1) is 0 Å². The number of primary amides is 1. The molecule has 0 aliphatic rings. The van der Waals surface area contributed by atoms with Gasteiger partial charge in [0.2, 0.25) is 0 Å². The summed E-state index contributed by atoms with van der Waals surface area (Å²) in [7, 11) is 0. The molecule has 0 bridgehead atoms. The number of hydrogen-bond donors (Lipinski definition) is 3. The molecular weight excluding hydrogens is 259 g/mol. The van der Waals surface area contributed by atoms with Gasteiger partial charge in [-0.3, -0.25) is 4.79 Å². The smallest absolute Gasteiger partial charge is 0.250 e. The molecule has 0 unspecified atom stereocenters. The first kappa shape index (κ1) is 13.4. The molecule has 0 fully saturated rings. The van der Waals surface area contributed by atoms with E-state index in [9.17, 15) is 9.18 Å². The van der Waals surface area contributed by atoms with Gasteiger partial charge in [0.25, 0.3) is 5.91 Å². The number of nitrogen functional groups attached to an aromatic ring is 1.